The number of pyridine rings is 1. The molecule has 0 aromatic carbocycles. The van der Waals surface area contributed by atoms with Gasteiger partial charge < -0.3 is 10.2 Å². The van der Waals surface area contributed by atoms with Gasteiger partial charge >= 0.3 is 0 Å². The Balaban J connectivity index is 2.13. The molecule has 2 aromatic heterocycles. The normalized spacial score (nSPS) is 12.4. The molecule has 1 atom stereocenters. The minimum Gasteiger partial charge on any atom is -0.352 e. The zero-order valence-corrected chi connectivity index (χ0v) is 14.3. The monoisotopic (exact) mass is 323 g/mol. The van der Waals surface area contributed by atoms with Crippen molar-refractivity contribution < 1.29 is 0 Å². The second-order valence-electron chi connectivity index (χ2n) is 5.11. The lowest BCUT2D eigenvalue weighted by molar-refractivity contribution is 0.673. The number of aromatic nitrogens is 1. The highest BCUT2D eigenvalue weighted by atomic mass is 35.5. The van der Waals surface area contributed by atoms with Crippen molar-refractivity contribution >= 4 is 28.8 Å². The quantitative estimate of drug-likeness (QED) is 0.761. The highest BCUT2D eigenvalue weighted by molar-refractivity contribution is 7.10. The van der Waals surface area contributed by atoms with E-state index in [0.717, 1.165) is 35.9 Å². The molecular formula is C16H22ClN3S. The largest absolute Gasteiger partial charge is 0.352 e. The number of nitrogens with zero attached hydrogens (tertiary/aromatic N) is 2. The SMILES string of the molecule is CCCNCc1cc(N(C)C(C)c2cccs2)ncc1Cl. The Morgan fingerprint density at radius 1 is 1.48 bits per heavy atom. The van der Waals surface area contributed by atoms with Crippen LogP contribution in [0.3, 0.4) is 0 Å². The average Bonchev–Trinajstić information content (AvgIpc) is 3.02. The Kier molecular flexibility index (Phi) is 6.03. The van der Waals surface area contributed by atoms with E-state index < -0.39 is 0 Å². The van der Waals surface area contributed by atoms with E-state index in [1.165, 1.54) is 4.88 Å². The fraction of sp³-hybridized carbons (Fsp3) is 0.438. The number of nitrogens with one attached hydrogen (secondary N) is 1. The van der Waals surface area contributed by atoms with Crippen LogP contribution < -0.4 is 10.2 Å². The van der Waals surface area contributed by atoms with E-state index >= 15 is 0 Å². The molecule has 0 radical (unpaired) electrons. The second kappa shape index (κ2) is 7.78. The third-order valence-corrected chi connectivity index (χ3v) is 4.94. The lowest BCUT2D eigenvalue weighted by Crippen LogP contribution is -2.22. The molecular weight excluding hydrogens is 302 g/mol. The van der Waals surface area contributed by atoms with Gasteiger partial charge in [-0.2, -0.15) is 0 Å². The van der Waals surface area contributed by atoms with Crippen LogP contribution in [-0.2, 0) is 6.54 Å². The third-order valence-electron chi connectivity index (χ3n) is 3.56. The summed E-state index contributed by atoms with van der Waals surface area (Å²) in [5.74, 6) is 0.952. The van der Waals surface area contributed by atoms with Crippen molar-refractivity contribution in [3.05, 3.63) is 45.2 Å². The summed E-state index contributed by atoms with van der Waals surface area (Å²) in [6.45, 7) is 6.12. The van der Waals surface area contributed by atoms with Gasteiger partial charge in [0.05, 0.1) is 11.1 Å². The molecule has 0 amide bonds. The number of halogens is 1. The molecule has 0 aliphatic carbocycles. The maximum atomic E-state index is 6.24. The standard InChI is InChI=1S/C16H22ClN3S/c1-4-7-18-10-13-9-16(19-11-14(13)17)20(3)12(2)15-6-5-8-21-15/h5-6,8-9,11-12,18H,4,7,10H2,1-3H3. The molecule has 5 heteroatoms. The lowest BCUT2D eigenvalue weighted by atomic mass is 10.2. The molecule has 0 spiro atoms. The van der Waals surface area contributed by atoms with E-state index in [1.807, 2.05) is 0 Å². The van der Waals surface area contributed by atoms with Crippen LogP contribution in [0, 0.1) is 0 Å². The summed E-state index contributed by atoms with van der Waals surface area (Å²) >= 11 is 8.01. The Morgan fingerprint density at radius 2 is 2.29 bits per heavy atom. The van der Waals surface area contributed by atoms with Crippen LogP contribution in [0.4, 0.5) is 5.82 Å². The zero-order valence-electron chi connectivity index (χ0n) is 12.8. The van der Waals surface area contributed by atoms with Crippen molar-refractivity contribution in [3.8, 4) is 0 Å². The highest BCUT2D eigenvalue weighted by Gasteiger charge is 2.15. The van der Waals surface area contributed by atoms with Gasteiger partial charge in [0.25, 0.3) is 0 Å². The summed E-state index contributed by atoms with van der Waals surface area (Å²) in [6.07, 6.45) is 2.86. The first-order valence-electron chi connectivity index (χ1n) is 7.24. The molecule has 0 fully saturated rings. The third kappa shape index (κ3) is 4.19. The van der Waals surface area contributed by atoms with Crippen molar-refractivity contribution in [3.63, 3.8) is 0 Å². The van der Waals surface area contributed by atoms with Crippen LogP contribution in [0.1, 0.15) is 36.8 Å². The van der Waals surface area contributed by atoms with Gasteiger partial charge in [0.2, 0.25) is 0 Å². The van der Waals surface area contributed by atoms with Gasteiger partial charge in [-0.05, 0) is 43.0 Å². The molecule has 2 heterocycles. The molecule has 2 aromatic rings. The van der Waals surface area contributed by atoms with Gasteiger partial charge in [-0.3, -0.25) is 0 Å². The van der Waals surface area contributed by atoms with Crippen molar-refractivity contribution in [2.24, 2.45) is 0 Å². The van der Waals surface area contributed by atoms with Crippen LogP contribution in [0.25, 0.3) is 0 Å². The van der Waals surface area contributed by atoms with Crippen LogP contribution in [-0.4, -0.2) is 18.6 Å². The van der Waals surface area contributed by atoms with E-state index in [4.69, 9.17) is 11.6 Å². The second-order valence-corrected chi connectivity index (χ2v) is 6.50. The summed E-state index contributed by atoms with van der Waals surface area (Å²) < 4.78 is 0. The predicted octanol–water partition coefficient (Wildman–Crippen LogP) is 4.49. The molecule has 0 bridgehead atoms. The van der Waals surface area contributed by atoms with Crippen LogP contribution in [0.5, 0.6) is 0 Å². The summed E-state index contributed by atoms with van der Waals surface area (Å²) in [7, 11) is 2.07. The first kappa shape index (κ1) is 16.3. The summed E-state index contributed by atoms with van der Waals surface area (Å²) in [5.41, 5.74) is 1.10. The highest BCUT2D eigenvalue weighted by Crippen LogP contribution is 2.28. The molecule has 1 unspecified atom stereocenters. The lowest BCUT2D eigenvalue weighted by Gasteiger charge is -2.25. The van der Waals surface area contributed by atoms with Crippen molar-refractivity contribution in [2.45, 2.75) is 32.9 Å². The number of hydrogen-bond donors (Lipinski definition) is 1. The molecule has 0 saturated carbocycles. The Morgan fingerprint density at radius 3 is 2.95 bits per heavy atom. The van der Waals surface area contributed by atoms with Gasteiger partial charge in [-0.25, -0.2) is 4.98 Å². The van der Waals surface area contributed by atoms with Crippen LogP contribution >= 0.6 is 22.9 Å². The molecule has 1 N–H and O–H groups in total. The van der Waals surface area contributed by atoms with E-state index in [0.29, 0.717) is 6.04 Å². The Bertz CT molecular complexity index is 557. The van der Waals surface area contributed by atoms with E-state index in [2.05, 4.69) is 59.7 Å². The summed E-state index contributed by atoms with van der Waals surface area (Å²) in [4.78, 5) is 7.99. The maximum absolute atomic E-state index is 6.24. The fourth-order valence-corrected chi connectivity index (χ4v) is 3.11. The molecule has 2 rings (SSSR count). The van der Waals surface area contributed by atoms with Crippen molar-refractivity contribution in [2.75, 3.05) is 18.5 Å². The van der Waals surface area contributed by atoms with Gasteiger partial charge in [-0.1, -0.05) is 24.6 Å². The number of rotatable bonds is 7. The molecule has 21 heavy (non-hydrogen) atoms. The number of anilines is 1. The molecule has 114 valence electrons. The van der Waals surface area contributed by atoms with Gasteiger partial charge in [-0.15, -0.1) is 11.3 Å². The van der Waals surface area contributed by atoms with Crippen molar-refractivity contribution in [1.29, 1.82) is 0 Å². The van der Waals surface area contributed by atoms with E-state index in [-0.39, 0.29) is 0 Å². The average molecular weight is 324 g/mol. The minimum atomic E-state index is 0.301. The molecule has 0 aliphatic rings. The summed E-state index contributed by atoms with van der Waals surface area (Å²) in [5, 5.41) is 6.21. The Hall–Kier alpha value is -1.10. The summed E-state index contributed by atoms with van der Waals surface area (Å²) in [6, 6.07) is 6.62. The molecule has 3 nitrogen and oxygen atoms in total. The fourth-order valence-electron chi connectivity index (χ4n) is 2.11. The maximum Gasteiger partial charge on any atom is 0.129 e. The van der Waals surface area contributed by atoms with Gasteiger partial charge in [0.15, 0.2) is 0 Å². The number of thiophene rings is 1. The predicted molar refractivity (Wildman–Crippen MR) is 92.4 cm³/mol. The van der Waals surface area contributed by atoms with E-state index in [1.54, 1.807) is 17.5 Å². The van der Waals surface area contributed by atoms with Crippen LogP contribution in [0.15, 0.2) is 29.8 Å². The smallest absolute Gasteiger partial charge is 0.129 e. The van der Waals surface area contributed by atoms with Gasteiger partial charge in [0, 0.05) is 24.7 Å². The Labute approximate surface area is 136 Å². The topological polar surface area (TPSA) is 28.2 Å². The van der Waals surface area contributed by atoms with Crippen LogP contribution in [0.2, 0.25) is 5.02 Å². The van der Waals surface area contributed by atoms with Crippen molar-refractivity contribution in [1.82, 2.24) is 10.3 Å². The van der Waals surface area contributed by atoms with Gasteiger partial charge in [0.1, 0.15) is 5.82 Å². The molecule has 0 saturated heterocycles. The minimum absolute atomic E-state index is 0.301. The first-order chi connectivity index (χ1) is 10.1. The molecule has 0 aliphatic heterocycles. The first-order valence-corrected chi connectivity index (χ1v) is 8.50. The van der Waals surface area contributed by atoms with E-state index in [9.17, 15) is 0 Å². The zero-order chi connectivity index (χ0) is 15.2. The number of hydrogen-bond acceptors (Lipinski definition) is 4.